The Bertz CT molecular complexity index is 787. The van der Waals surface area contributed by atoms with Gasteiger partial charge in [-0.05, 0) is 37.3 Å². The van der Waals surface area contributed by atoms with Crippen molar-refractivity contribution in [1.82, 2.24) is 15.1 Å². The Hall–Kier alpha value is -2.06. The van der Waals surface area contributed by atoms with E-state index in [-0.39, 0.29) is 30.7 Å². The molecule has 0 bridgehead atoms. The predicted molar refractivity (Wildman–Crippen MR) is 93.6 cm³/mol. The van der Waals surface area contributed by atoms with Gasteiger partial charge in [0, 0.05) is 12.6 Å². The van der Waals surface area contributed by atoms with Crippen LogP contribution in [0.25, 0.3) is 5.69 Å². The Morgan fingerprint density at radius 1 is 1.38 bits per heavy atom. The molecule has 1 atom stereocenters. The molecule has 3 N–H and O–H groups in total. The lowest BCUT2D eigenvalue weighted by molar-refractivity contribution is -0.143. The lowest BCUT2D eigenvalue weighted by atomic mass is 10.1. The molecule has 0 saturated heterocycles. The fraction of sp³-hybridized carbons (Fsp3) is 0.412. The fourth-order valence-electron chi connectivity index (χ4n) is 2.77. The lowest BCUT2D eigenvalue weighted by Gasteiger charge is -2.15. The molecule has 1 aromatic carbocycles. The average Bonchev–Trinajstić information content (AvgIpc) is 3.30. The minimum atomic E-state index is -4.72. The number of alkyl halides is 3. The lowest BCUT2D eigenvalue weighted by Crippen LogP contribution is -2.39. The summed E-state index contributed by atoms with van der Waals surface area (Å²) in [6.45, 7) is 1.84. The van der Waals surface area contributed by atoms with Gasteiger partial charge in [-0.25, -0.2) is 4.68 Å². The highest BCUT2D eigenvalue weighted by atomic mass is 35.5. The molecule has 1 aliphatic rings. The number of nitrogens with two attached hydrogens (primary N) is 1. The van der Waals surface area contributed by atoms with Crippen molar-refractivity contribution in [3.8, 4) is 5.69 Å². The molecule has 142 valence electrons. The number of halogens is 4. The number of benzene rings is 1. The first kappa shape index (κ1) is 20.3. The zero-order chi connectivity index (χ0) is 18.2. The van der Waals surface area contributed by atoms with E-state index in [2.05, 4.69) is 10.4 Å². The SMILES string of the molecule is Cc1ccccc1-n1ncc(C(=O)NCC(N)C2CC2)c1C(F)(F)F.Cl. The van der Waals surface area contributed by atoms with Crippen LogP contribution in [0, 0.1) is 12.8 Å². The van der Waals surface area contributed by atoms with Crippen LogP contribution < -0.4 is 11.1 Å². The van der Waals surface area contributed by atoms with Gasteiger partial charge in [0.15, 0.2) is 5.69 Å². The van der Waals surface area contributed by atoms with E-state index in [0.717, 1.165) is 23.7 Å². The van der Waals surface area contributed by atoms with Gasteiger partial charge in [-0.3, -0.25) is 4.79 Å². The number of para-hydroxylation sites is 1. The first-order chi connectivity index (χ1) is 11.8. The quantitative estimate of drug-likeness (QED) is 0.826. The summed E-state index contributed by atoms with van der Waals surface area (Å²) in [6.07, 6.45) is -1.77. The molecule has 1 amide bonds. The van der Waals surface area contributed by atoms with Gasteiger partial charge in [-0.1, -0.05) is 18.2 Å². The topological polar surface area (TPSA) is 72.9 Å². The van der Waals surface area contributed by atoms with Gasteiger partial charge >= 0.3 is 6.18 Å². The largest absolute Gasteiger partial charge is 0.434 e. The van der Waals surface area contributed by atoms with Crippen molar-refractivity contribution < 1.29 is 18.0 Å². The molecule has 1 fully saturated rings. The summed E-state index contributed by atoms with van der Waals surface area (Å²) in [4.78, 5) is 12.3. The van der Waals surface area contributed by atoms with Crippen LogP contribution in [0.5, 0.6) is 0 Å². The Balaban J connectivity index is 0.00000243. The van der Waals surface area contributed by atoms with Crippen LogP contribution in [-0.4, -0.2) is 28.3 Å². The van der Waals surface area contributed by atoms with E-state index in [1.165, 1.54) is 6.07 Å². The summed E-state index contributed by atoms with van der Waals surface area (Å²) in [5.74, 6) is -0.472. The van der Waals surface area contributed by atoms with Gasteiger partial charge in [0.2, 0.25) is 0 Å². The normalized spacial score (nSPS) is 15.3. The summed E-state index contributed by atoms with van der Waals surface area (Å²) in [5.41, 5.74) is 5.21. The molecule has 1 heterocycles. The van der Waals surface area contributed by atoms with Crippen molar-refractivity contribution >= 4 is 18.3 Å². The predicted octanol–water partition coefficient (Wildman–Crippen LogP) is 3.09. The number of aromatic nitrogens is 2. The molecular formula is C17H20ClF3N4O. The second-order valence-electron chi connectivity index (χ2n) is 6.31. The van der Waals surface area contributed by atoms with Gasteiger partial charge in [-0.15, -0.1) is 12.4 Å². The number of hydrogen-bond acceptors (Lipinski definition) is 3. The number of carbonyl (C=O) groups is 1. The van der Waals surface area contributed by atoms with E-state index in [4.69, 9.17) is 5.73 Å². The standard InChI is InChI=1S/C17H19F3N4O.ClH/c1-10-4-2-3-5-14(10)24-15(17(18,19)20)12(8-23-24)16(25)22-9-13(21)11-6-7-11;/h2-5,8,11,13H,6-7,9,21H2,1H3,(H,22,25);1H. The Labute approximate surface area is 155 Å². The van der Waals surface area contributed by atoms with Gasteiger partial charge < -0.3 is 11.1 Å². The van der Waals surface area contributed by atoms with Crippen molar-refractivity contribution in [2.75, 3.05) is 6.54 Å². The number of nitrogens with one attached hydrogen (secondary N) is 1. The Morgan fingerprint density at radius 2 is 2.04 bits per heavy atom. The zero-order valence-corrected chi connectivity index (χ0v) is 14.9. The van der Waals surface area contributed by atoms with Crippen LogP contribution in [0.3, 0.4) is 0 Å². The fourth-order valence-corrected chi connectivity index (χ4v) is 2.77. The van der Waals surface area contributed by atoms with Crippen LogP contribution in [0.2, 0.25) is 0 Å². The van der Waals surface area contributed by atoms with Gasteiger partial charge in [-0.2, -0.15) is 18.3 Å². The van der Waals surface area contributed by atoms with Crippen LogP contribution >= 0.6 is 12.4 Å². The van der Waals surface area contributed by atoms with Crippen molar-refractivity contribution in [1.29, 1.82) is 0 Å². The molecular weight excluding hydrogens is 369 g/mol. The average molecular weight is 389 g/mol. The van der Waals surface area contributed by atoms with Crippen molar-refractivity contribution in [2.45, 2.75) is 32.0 Å². The van der Waals surface area contributed by atoms with E-state index in [9.17, 15) is 18.0 Å². The van der Waals surface area contributed by atoms with Crippen molar-refractivity contribution in [3.63, 3.8) is 0 Å². The number of amides is 1. The first-order valence-electron chi connectivity index (χ1n) is 8.04. The Kier molecular flexibility index (Phi) is 5.98. The number of aryl methyl sites for hydroxylation is 1. The zero-order valence-electron chi connectivity index (χ0n) is 14.1. The van der Waals surface area contributed by atoms with Crippen LogP contribution in [0.15, 0.2) is 30.5 Å². The molecule has 5 nitrogen and oxygen atoms in total. The molecule has 0 radical (unpaired) electrons. The highest BCUT2D eigenvalue weighted by Gasteiger charge is 2.41. The van der Waals surface area contributed by atoms with Gasteiger partial charge in [0.25, 0.3) is 5.91 Å². The highest BCUT2D eigenvalue weighted by Crippen LogP contribution is 2.34. The van der Waals surface area contributed by atoms with E-state index in [0.29, 0.717) is 11.5 Å². The first-order valence-corrected chi connectivity index (χ1v) is 8.04. The summed E-state index contributed by atoms with van der Waals surface area (Å²) in [6, 6.07) is 6.33. The molecule has 9 heteroatoms. The molecule has 0 aliphatic heterocycles. The summed E-state index contributed by atoms with van der Waals surface area (Å²) < 4.78 is 41.5. The van der Waals surface area contributed by atoms with Crippen molar-refractivity contribution in [2.24, 2.45) is 11.7 Å². The third kappa shape index (κ3) is 4.19. The van der Waals surface area contributed by atoms with E-state index >= 15 is 0 Å². The van der Waals surface area contributed by atoms with E-state index in [1.54, 1.807) is 25.1 Å². The third-order valence-electron chi connectivity index (χ3n) is 4.35. The summed E-state index contributed by atoms with van der Waals surface area (Å²) in [5, 5.41) is 6.31. The van der Waals surface area contributed by atoms with E-state index < -0.39 is 23.3 Å². The van der Waals surface area contributed by atoms with Gasteiger partial charge in [0.05, 0.1) is 17.4 Å². The minimum absolute atomic E-state index is 0. The van der Waals surface area contributed by atoms with Crippen LogP contribution in [0.1, 0.15) is 34.5 Å². The second-order valence-corrected chi connectivity index (χ2v) is 6.31. The van der Waals surface area contributed by atoms with Gasteiger partial charge in [0.1, 0.15) is 0 Å². The maximum Gasteiger partial charge on any atom is 0.434 e. The molecule has 1 aliphatic carbocycles. The molecule has 3 rings (SSSR count). The Morgan fingerprint density at radius 3 is 2.62 bits per heavy atom. The van der Waals surface area contributed by atoms with E-state index in [1.807, 2.05) is 0 Å². The minimum Gasteiger partial charge on any atom is -0.350 e. The van der Waals surface area contributed by atoms with Crippen LogP contribution in [-0.2, 0) is 6.18 Å². The smallest absolute Gasteiger partial charge is 0.350 e. The monoisotopic (exact) mass is 388 g/mol. The molecule has 26 heavy (non-hydrogen) atoms. The molecule has 1 unspecified atom stereocenters. The third-order valence-corrected chi connectivity index (χ3v) is 4.35. The number of rotatable bonds is 5. The number of carbonyl (C=O) groups excluding carboxylic acids is 1. The second kappa shape index (κ2) is 7.67. The molecule has 0 spiro atoms. The summed E-state index contributed by atoms with van der Waals surface area (Å²) >= 11 is 0. The highest BCUT2D eigenvalue weighted by molar-refractivity contribution is 5.95. The summed E-state index contributed by atoms with van der Waals surface area (Å²) in [7, 11) is 0. The number of nitrogens with zero attached hydrogens (tertiary/aromatic N) is 2. The van der Waals surface area contributed by atoms with Crippen molar-refractivity contribution in [3.05, 3.63) is 47.3 Å². The van der Waals surface area contributed by atoms with Crippen LogP contribution in [0.4, 0.5) is 13.2 Å². The maximum absolute atomic E-state index is 13.6. The number of hydrogen-bond donors (Lipinski definition) is 2. The molecule has 1 saturated carbocycles. The molecule has 2 aromatic rings. The maximum atomic E-state index is 13.6. The molecule has 1 aromatic heterocycles.